The molecule has 0 aliphatic heterocycles. The molecule has 0 heterocycles. The average molecular weight is 250 g/mol. The standard InChI is InChI=1S/C10H18F3O2.Na/c11-10(12,13)9-15-8-6-4-2-1-3-5-7-14;/h1-9H2;/q-1;+1. The summed E-state index contributed by atoms with van der Waals surface area (Å²) in [5.41, 5.74) is 0. The van der Waals surface area contributed by atoms with E-state index in [1.54, 1.807) is 0 Å². The maximum absolute atomic E-state index is 11.6. The molecule has 0 saturated heterocycles. The molecule has 0 aromatic heterocycles. The minimum atomic E-state index is -4.21. The summed E-state index contributed by atoms with van der Waals surface area (Å²) in [5.74, 6) is 0. The van der Waals surface area contributed by atoms with Crippen LogP contribution in [0.3, 0.4) is 0 Å². The van der Waals surface area contributed by atoms with Gasteiger partial charge in [-0.3, -0.25) is 0 Å². The van der Waals surface area contributed by atoms with Gasteiger partial charge in [-0.2, -0.15) is 13.2 Å². The fourth-order valence-corrected chi connectivity index (χ4v) is 1.20. The summed E-state index contributed by atoms with van der Waals surface area (Å²) in [6.07, 6.45) is 0.896. The number of unbranched alkanes of at least 4 members (excludes halogenated alkanes) is 5. The molecular weight excluding hydrogens is 232 g/mol. The van der Waals surface area contributed by atoms with E-state index in [0.29, 0.717) is 12.8 Å². The maximum atomic E-state index is 11.6. The van der Waals surface area contributed by atoms with Crippen LogP contribution in [0.1, 0.15) is 38.5 Å². The van der Waals surface area contributed by atoms with Crippen LogP contribution in [0, 0.1) is 0 Å². The second-order valence-corrected chi connectivity index (χ2v) is 3.49. The molecule has 0 radical (unpaired) electrons. The molecule has 16 heavy (non-hydrogen) atoms. The molecular formula is C10H18F3NaO2. The zero-order valence-corrected chi connectivity index (χ0v) is 11.8. The molecule has 2 nitrogen and oxygen atoms in total. The Hall–Kier alpha value is 0.710. The number of halogens is 3. The molecule has 0 unspecified atom stereocenters. The zero-order valence-electron chi connectivity index (χ0n) is 9.81. The summed E-state index contributed by atoms with van der Waals surface area (Å²) in [6.45, 7) is -1.01. The summed E-state index contributed by atoms with van der Waals surface area (Å²) in [7, 11) is 0. The monoisotopic (exact) mass is 250 g/mol. The third-order valence-electron chi connectivity index (χ3n) is 1.95. The molecule has 0 amide bonds. The predicted molar refractivity (Wildman–Crippen MR) is 49.4 cm³/mol. The molecule has 0 N–H and O–H groups in total. The first-order valence-electron chi connectivity index (χ1n) is 5.29. The van der Waals surface area contributed by atoms with Crippen molar-refractivity contribution in [3.63, 3.8) is 0 Å². The first-order valence-corrected chi connectivity index (χ1v) is 5.29. The molecule has 0 aliphatic carbocycles. The van der Waals surface area contributed by atoms with Gasteiger partial charge in [0.2, 0.25) is 0 Å². The van der Waals surface area contributed by atoms with E-state index >= 15 is 0 Å². The van der Waals surface area contributed by atoms with Gasteiger partial charge < -0.3 is 9.84 Å². The number of alkyl halides is 3. The number of ether oxygens (including phenoxy) is 1. The van der Waals surface area contributed by atoms with Crippen LogP contribution in [0.25, 0.3) is 0 Å². The van der Waals surface area contributed by atoms with Crippen LogP contribution in [-0.4, -0.2) is 26.0 Å². The molecule has 0 bridgehead atoms. The van der Waals surface area contributed by atoms with Gasteiger partial charge in [0, 0.05) is 6.61 Å². The topological polar surface area (TPSA) is 32.3 Å². The first-order chi connectivity index (χ1) is 7.06. The Morgan fingerprint density at radius 3 is 1.88 bits per heavy atom. The van der Waals surface area contributed by atoms with Crippen molar-refractivity contribution in [1.82, 2.24) is 0 Å². The largest absolute Gasteiger partial charge is 1.00 e. The molecule has 92 valence electrons. The smallest absolute Gasteiger partial charge is 0.854 e. The molecule has 0 atom stereocenters. The normalized spacial score (nSPS) is 11.2. The SMILES string of the molecule is [Na+].[O-]CCCCCCCCOCC(F)(F)F. The second-order valence-electron chi connectivity index (χ2n) is 3.49. The molecule has 0 rings (SSSR count). The van der Waals surface area contributed by atoms with Crippen LogP contribution >= 0.6 is 0 Å². The number of hydrogen-bond acceptors (Lipinski definition) is 2. The van der Waals surface area contributed by atoms with Gasteiger partial charge in [0.05, 0.1) is 0 Å². The van der Waals surface area contributed by atoms with Crippen molar-refractivity contribution >= 4 is 0 Å². The van der Waals surface area contributed by atoms with E-state index in [2.05, 4.69) is 4.74 Å². The van der Waals surface area contributed by atoms with Crippen molar-refractivity contribution in [1.29, 1.82) is 0 Å². The predicted octanol–water partition coefficient (Wildman–Crippen LogP) is -0.730. The van der Waals surface area contributed by atoms with Crippen LogP contribution in [0.4, 0.5) is 13.2 Å². The Balaban J connectivity index is 0. The minimum Gasteiger partial charge on any atom is -0.854 e. The third-order valence-corrected chi connectivity index (χ3v) is 1.95. The van der Waals surface area contributed by atoms with Gasteiger partial charge in [-0.25, -0.2) is 0 Å². The molecule has 6 heteroatoms. The summed E-state index contributed by atoms with van der Waals surface area (Å²) in [4.78, 5) is 0. The van der Waals surface area contributed by atoms with Crippen molar-refractivity contribution in [3.05, 3.63) is 0 Å². The average Bonchev–Trinajstić information content (AvgIpc) is 2.14. The van der Waals surface area contributed by atoms with E-state index in [-0.39, 0.29) is 42.8 Å². The summed E-state index contributed by atoms with van der Waals surface area (Å²) >= 11 is 0. The van der Waals surface area contributed by atoms with Gasteiger partial charge in [-0.15, -0.1) is 6.61 Å². The fraction of sp³-hybridized carbons (Fsp3) is 1.00. The fourth-order valence-electron chi connectivity index (χ4n) is 1.20. The Morgan fingerprint density at radius 1 is 0.875 bits per heavy atom. The van der Waals surface area contributed by atoms with Gasteiger partial charge in [0.25, 0.3) is 0 Å². The van der Waals surface area contributed by atoms with Crippen molar-refractivity contribution in [2.75, 3.05) is 19.8 Å². The van der Waals surface area contributed by atoms with Crippen LogP contribution in [-0.2, 0) is 4.74 Å². The quantitative estimate of drug-likeness (QED) is 0.399. The van der Waals surface area contributed by atoms with Crippen molar-refractivity contribution in [2.45, 2.75) is 44.7 Å². The number of rotatable bonds is 9. The Morgan fingerprint density at radius 2 is 1.38 bits per heavy atom. The molecule has 0 aromatic rings. The van der Waals surface area contributed by atoms with E-state index in [1.165, 1.54) is 0 Å². The van der Waals surface area contributed by atoms with Gasteiger partial charge in [0.1, 0.15) is 6.61 Å². The molecule has 0 fully saturated rings. The van der Waals surface area contributed by atoms with Gasteiger partial charge in [-0.1, -0.05) is 32.1 Å². The third kappa shape index (κ3) is 17.1. The zero-order chi connectivity index (χ0) is 11.6. The molecule has 0 aromatic carbocycles. The first kappa shape index (κ1) is 19.1. The van der Waals surface area contributed by atoms with Gasteiger partial charge in [0.15, 0.2) is 0 Å². The van der Waals surface area contributed by atoms with Crippen LogP contribution in [0.2, 0.25) is 0 Å². The number of hydrogen-bond donors (Lipinski definition) is 0. The summed E-state index contributed by atoms with van der Waals surface area (Å²) < 4.78 is 39.3. The van der Waals surface area contributed by atoms with E-state index in [9.17, 15) is 18.3 Å². The van der Waals surface area contributed by atoms with Crippen molar-refractivity contribution in [3.8, 4) is 0 Å². The molecule has 0 spiro atoms. The van der Waals surface area contributed by atoms with E-state index < -0.39 is 12.8 Å². The minimum absolute atomic E-state index is 0. The Labute approximate surface area is 117 Å². The Bertz CT molecular complexity index is 143. The molecule has 0 saturated carbocycles. The van der Waals surface area contributed by atoms with Gasteiger partial charge >= 0.3 is 35.7 Å². The van der Waals surface area contributed by atoms with Crippen LogP contribution in [0.15, 0.2) is 0 Å². The van der Waals surface area contributed by atoms with Crippen LogP contribution < -0.4 is 34.7 Å². The van der Waals surface area contributed by atoms with Gasteiger partial charge in [-0.05, 0) is 6.42 Å². The second kappa shape index (κ2) is 12.2. The Kier molecular flexibility index (Phi) is 14.5. The summed E-state index contributed by atoms with van der Waals surface area (Å²) in [5, 5.41) is 10.1. The van der Waals surface area contributed by atoms with E-state index in [1.807, 2.05) is 0 Å². The molecule has 0 aliphatic rings. The van der Waals surface area contributed by atoms with Crippen molar-refractivity contribution < 1.29 is 52.6 Å². The van der Waals surface area contributed by atoms with E-state index in [0.717, 1.165) is 25.7 Å². The van der Waals surface area contributed by atoms with Crippen molar-refractivity contribution in [2.24, 2.45) is 0 Å². The van der Waals surface area contributed by atoms with E-state index in [4.69, 9.17) is 0 Å². The maximum Gasteiger partial charge on any atom is 1.00 e. The van der Waals surface area contributed by atoms with Crippen LogP contribution in [0.5, 0.6) is 0 Å². The summed E-state index contributed by atoms with van der Waals surface area (Å²) in [6, 6.07) is 0.